The van der Waals surface area contributed by atoms with Gasteiger partial charge in [0.25, 0.3) is 0 Å². The van der Waals surface area contributed by atoms with Crippen LogP contribution in [-0.2, 0) is 11.3 Å². The molecule has 19 heavy (non-hydrogen) atoms. The van der Waals surface area contributed by atoms with Gasteiger partial charge in [0, 0.05) is 18.7 Å². The molecule has 3 heterocycles. The highest BCUT2D eigenvalue weighted by molar-refractivity contribution is 9.10. The zero-order valence-electron chi connectivity index (χ0n) is 10.6. The predicted octanol–water partition coefficient (Wildman–Crippen LogP) is 2.36. The van der Waals surface area contributed by atoms with E-state index in [0.717, 1.165) is 29.8 Å². The molecule has 6 nitrogen and oxygen atoms in total. The van der Waals surface area contributed by atoms with E-state index in [0.29, 0.717) is 18.3 Å². The Labute approximate surface area is 119 Å². The summed E-state index contributed by atoms with van der Waals surface area (Å²) in [4.78, 5) is 4.46. The zero-order chi connectivity index (χ0) is 13.2. The van der Waals surface area contributed by atoms with Gasteiger partial charge in [-0.15, -0.1) is 0 Å². The number of halogens is 1. The second kappa shape index (κ2) is 5.42. The maximum atomic E-state index is 5.53. The minimum Gasteiger partial charge on any atom is -0.378 e. The first-order valence-corrected chi connectivity index (χ1v) is 7.12. The van der Waals surface area contributed by atoms with Gasteiger partial charge in [-0.1, -0.05) is 5.16 Å². The van der Waals surface area contributed by atoms with E-state index in [2.05, 4.69) is 38.1 Å². The number of hydrogen-bond donors (Lipinski definition) is 0. The molecule has 2 aromatic rings. The van der Waals surface area contributed by atoms with Crippen LogP contribution in [-0.4, -0.2) is 32.6 Å². The Morgan fingerprint density at radius 2 is 2.42 bits per heavy atom. The first-order chi connectivity index (χ1) is 9.20. The smallest absolute Gasteiger partial charge is 0.230 e. The van der Waals surface area contributed by atoms with Crippen molar-refractivity contribution in [3.8, 4) is 0 Å². The van der Waals surface area contributed by atoms with Crippen molar-refractivity contribution in [3.05, 3.63) is 28.6 Å². The highest BCUT2D eigenvalue weighted by atomic mass is 79.9. The highest BCUT2D eigenvalue weighted by Gasteiger charge is 2.25. The number of rotatable bonds is 3. The number of aromatic nitrogens is 4. The molecule has 3 rings (SSSR count). The van der Waals surface area contributed by atoms with E-state index in [1.165, 1.54) is 0 Å². The van der Waals surface area contributed by atoms with Crippen molar-refractivity contribution in [2.24, 2.45) is 0 Å². The topological polar surface area (TPSA) is 66.0 Å². The number of hydrogen-bond acceptors (Lipinski definition) is 5. The molecule has 0 unspecified atom stereocenters. The molecule has 7 heteroatoms. The van der Waals surface area contributed by atoms with Crippen molar-refractivity contribution in [2.45, 2.75) is 38.3 Å². The first kappa shape index (κ1) is 12.8. The summed E-state index contributed by atoms with van der Waals surface area (Å²) in [6, 6.07) is 0. The summed E-state index contributed by atoms with van der Waals surface area (Å²) in [5, 5.41) is 8.19. The zero-order valence-corrected chi connectivity index (χ0v) is 12.2. The average Bonchev–Trinajstić information content (AvgIpc) is 2.99. The van der Waals surface area contributed by atoms with Crippen LogP contribution in [0.3, 0.4) is 0 Å². The van der Waals surface area contributed by atoms with E-state index in [-0.39, 0.29) is 6.10 Å². The molecule has 0 aliphatic carbocycles. The van der Waals surface area contributed by atoms with E-state index in [9.17, 15) is 0 Å². The molecule has 0 amide bonds. The van der Waals surface area contributed by atoms with Crippen LogP contribution in [0.2, 0.25) is 0 Å². The van der Waals surface area contributed by atoms with Gasteiger partial charge in [0.05, 0.1) is 16.8 Å². The molecule has 0 spiro atoms. The van der Waals surface area contributed by atoms with Gasteiger partial charge >= 0.3 is 0 Å². The van der Waals surface area contributed by atoms with Crippen LogP contribution in [0.5, 0.6) is 0 Å². The Hall–Kier alpha value is -1.21. The SMILES string of the molecule is C[C@H]1C[C@@H](c2nc(Cn3cc(Br)cn3)no2)CCO1. The van der Waals surface area contributed by atoms with E-state index in [4.69, 9.17) is 9.26 Å². The van der Waals surface area contributed by atoms with Gasteiger partial charge in [-0.05, 0) is 35.7 Å². The first-order valence-electron chi connectivity index (χ1n) is 6.33. The Bertz CT molecular complexity index is 553. The Kier molecular flexibility index (Phi) is 3.65. The molecule has 2 atom stereocenters. The van der Waals surface area contributed by atoms with Crippen LogP contribution in [0, 0.1) is 0 Å². The molecule has 0 N–H and O–H groups in total. The summed E-state index contributed by atoms with van der Waals surface area (Å²) in [6.45, 7) is 3.36. The molecule has 1 aliphatic heterocycles. The normalized spacial score (nSPS) is 23.7. The lowest BCUT2D eigenvalue weighted by atomic mass is 9.96. The Morgan fingerprint density at radius 1 is 1.53 bits per heavy atom. The molecule has 0 saturated carbocycles. The minimum atomic E-state index is 0.260. The quantitative estimate of drug-likeness (QED) is 0.866. The molecule has 0 aromatic carbocycles. The van der Waals surface area contributed by atoms with Gasteiger partial charge < -0.3 is 9.26 Å². The lowest BCUT2D eigenvalue weighted by Crippen LogP contribution is -2.22. The number of ether oxygens (including phenoxy) is 1. The summed E-state index contributed by atoms with van der Waals surface area (Å²) in [6.07, 6.45) is 5.76. The Balaban J connectivity index is 1.69. The predicted molar refractivity (Wildman–Crippen MR) is 70.7 cm³/mol. The van der Waals surface area contributed by atoms with Crippen LogP contribution < -0.4 is 0 Å². The van der Waals surface area contributed by atoms with E-state index in [1.807, 2.05) is 6.20 Å². The van der Waals surface area contributed by atoms with Crippen molar-refractivity contribution in [3.63, 3.8) is 0 Å². The monoisotopic (exact) mass is 326 g/mol. The maximum absolute atomic E-state index is 5.53. The fraction of sp³-hybridized carbons (Fsp3) is 0.583. The standard InChI is InChI=1S/C12H15BrN4O2/c1-8-4-9(2-3-18-8)12-15-11(16-19-12)7-17-6-10(13)5-14-17/h5-6,8-9H,2-4,7H2,1H3/t8-,9-/m0/s1. The van der Waals surface area contributed by atoms with Crippen molar-refractivity contribution in [1.29, 1.82) is 0 Å². The van der Waals surface area contributed by atoms with E-state index >= 15 is 0 Å². The highest BCUT2D eigenvalue weighted by Crippen LogP contribution is 2.28. The lowest BCUT2D eigenvalue weighted by Gasteiger charge is -2.24. The molecule has 0 radical (unpaired) electrons. The third-order valence-electron chi connectivity index (χ3n) is 3.22. The molecule has 1 fully saturated rings. The van der Waals surface area contributed by atoms with E-state index < -0.39 is 0 Å². The van der Waals surface area contributed by atoms with Gasteiger partial charge in [0.2, 0.25) is 5.89 Å². The minimum absolute atomic E-state index is 0.260. The fourth-order valence-corrected chi connectivity index (χ4v) is 2.62. The molecule has 2 aromatic heterocycles. The van der Waals surface area contributed by atoms with Gasteiger partial charge in [-0.3, -0.25) is 4.68 Å². The van der Waals surface area contributed by atoms with Crippen molar-refractivity contribution >= 4 is 15.9 Å². The van der Waals surface area contributed by atoms with Crippen molar-refractivity contribution in [2.75, 3.05) is 6.61 Å². The van der Waals surface area contributed by atoms with Gasteiger partial charge in [-0.25, -0.2) is 0 Å². The summed E-state index contributed by atoms with van der Waals surface area (Å²) in [7, 11) is 0. The maximum Gasteiger partial charge on any atom is 0.230 e. The van der Waals surface area contributed by atoms with Crippen LogP contribution in [0.4, 0.5) is 0 Å². The molecular weight excluding hydrogens is 312 g/mol. The van der Waals surface area contributed by atoms with Crippen LogP contribution in [0.1, 0.15) is 37.4 Å². The molecule has 0 bridgehead atoms. The fourth-order valence-electron chi connectivity index (χ4n) is 2.29. The van der Waals surface area contributed by atoms with Crippen molar-refractivity contribution in [1.82, 2.24) is 19.9 Å². The van der Waals surface area contributed by atoms with Crippen LogP contribution in [0.25, 0.3) is 0 Å². The third kappa shape index (κ3) is 3.03. The van der Waals surface area contributed by atoms with Crippen LogP contribution >= 0.6 is 15.9 Å². The van der Waals surface area contributed by atoms with Gasteiger partial charge in [-0.2, -0.15) is 10.1 Å². The summed E-state index contributed by atoms with van der Waals surface area (Å²) in [5.41, 5.74) is 0. The molecular formula is C12H15BrN4O2. The second-order valence-electron chi connectivity index (χ2n) is 4.81. The van der Waals surface area contributed by atoms with Crippen LogP contribution in [0.15, 0.2) is 21.4 Å². The van der Waals surface area contributed by atoms with E-state index in [1.54, 1.807) is 10.9 Å². The molecule has 102 valence electrons. The van der Waals surface area contributed by atoms with Gasteiger partial charge in [0.1, 0.15) is 6.54 Å². The third-order valence-corrected chi connectivity index (χ3v) is 3.63. The second-order valence-corrected chi connectivity index (χ2v) is 5.72. The Morgan fingerprint density at radius 3 is 3.16 bits per heavy atom. The average molecular weight is 327 g/mol. The largest absolute Gasteiger partial charge is 0.378 e. The number of nitrogens with zero attached hydrogens (tertiary/aromatic N) is 4. The summed E-state index contributed by atoms with van der Waals surface area (Å²) < 4.78 is 13.6. The van der Waals surface area contributed by atoms with Gasteiger partial charge in [0.15, 0.2) is 5.82 Å². The molecule has 1 saturated heterocycles. The summed E-state index contributed by atoms with van der Waals surface area (Å²) >= 11 is 3.36. The van der Waals surface area contributed by atoms with Crippen molar-refractivity contribution < 1.29 is 9.26 Å². The lowest BCUT2D eigenvalue weighted by molar-refractivity contribution is 0.0134. The summed E-state index contributed by atoms with van der Waals surface area (Å²) in [5.74, 6) is 1.69. The molecule has 1 aliphatic rings.